The van der Waals surface area contributed by atoms with Crippen LogP contribution in [-0.2, 0) is 14.9 Å². The van der Waals surface area contributed by atoms with Gasteiger partial charge in [-0.2, -0.15) is 0 Å². The molecule has 1 aliphatic carbocycles. The first-order valence-electron chi connectivity index (χ1n) is 12.1. The molecule has 1 saturated carbocycles. The molecule has 4 saturated heterocycles. The van der Waals surface area contributed by atoms with Crippen LogP contribution in [0, 0.1) is 23.7 Å². The van der Waals surface area contributed by atoms with E-state index in [1.165, 1.54) is 24.9 Å². The van der Waals surface area contributed by atoms with Crippen molar-refractivity contribution in [2.75, 3.05) is 38.8 Å². The lowest BCUT2D eigenvalue weighted by Gasteiger charge is -2.60. The number of fused-ring (bicyclic) bond motifs is 2. The van der Waals surface area contributed by atoms with E-state index < -0.39 is 0 Å². The summed E-state index contributed by atoms with van der Waals surface area (Å²) in [5, 5.41) is 0. The van der Waals surface area contributed by atoms with Gasteiger partial charge in [0.15, 0.2) is 11.5 Å². The Bertz CT molecular complexity index is 965. The number of amides is 1. The van der Waals surface area contributed by atoms with Gasteiger partial charge in [0.2, 0.25) is 5.91 Å². The predicted molar refractivity (Wildman–Crippen MR) is 116 cm³/mol. The van der Waals surface area contributed by atoms with Gasteiger partial charge in [0.1, 0.15) is 0 Å². The number of hydrogen-bond acceptors (Lipinski definition) is 5. The normalized spacial score (nSPS) is 44.2. The third-order valence-electron chi connectivity index (χ3n) is 9.99. The van der Waals surface area contributed by atoms with Crippen molar-refractivity contribution in [1.29, 1.82) is 0 Å². The first-order valence-corrected chi connectivity index (χ1v) is 12.1. The van der Waals surface area contributed by atoms with Crippen molar-refractivity contribution in [3.63, 3.8) is 0 Å². The molecule has 1 amide bonds. The first-order chi connectivity index (χ1) is 15.1. The maximum Gasteiger partial charge on any atom is 0.229 e. The number of piperidine rings is 2. The summed E-state index contributed by atoms with van der Waals surface area (Å²) in [6.07, 6.45) is 4.12. The van der Waals surface area contributed by atoms with Crippen LogP contribution in [-0.4, -0.2) is 62.9 Å². The molecule has 0 N–H and O–H groups in total. The Hall–Kier alpha value is -1.79. The number of methoxy groups -OCH3 is 2. The summed E-state index contributed by atoms with van der Waals surface area (Å²) in [7, 11) is 3.38. The van der Waals surface area contributed by atoms with Crippen LogP contribution >= 0.6 is 0 Å². The van der Waals surface area contributed by atoms with Crippen LogP contribution in [0.15, 0.2) is 12.1 Å². The minimum absolute atomic E-state index is 0.00916. The minimum atomic E-state index is -0.00916. The van der Waals surface area contributed by atoms with Gasteiger partial charge in [0.05, 0.1) is 45.1 Å². The quantitative estimate of drug-likeness (QED) is 0.747. The fraction of sp³-hybridized carbons (Fsp3) is 0.720. The molecule has 0 radical (unpaired) electrons. The molecule has 166 valence electrons. The van der Waals surface area contributed by atoms with E-state index in [9.17, 15) is 4.79 Å². The second kappa shape index (κ2) is 6.16. The zero-order chi connectivity index (χ0) is 21.1. The van der Waals surface area contributed by atoms with Crippen molar-refractivity contribution in [2.45, 2.75) is 56.2 Å². The van der Waals surface area contributed by atoms with E-state index >= 15 is 0 Å². The molecule has 8 atom stereocenters. The second-order valence-corrected chi connectivity index (χ2v) is 10.6. The highest BCUT2D eigenvalue weighted by Gasteiger charge is 2.72. The van der Waals surface area contributed by atoms with Crippen molar-refractivity contribution >= 4 is 11.6 Å². The molecule has 5 heterocycles. The summed E-state index contributed by atoms with van der Waals surface area (Å²) in [5.41, 5.74) is 2.36. The summed E-state index contributed by atoms with van der Waals surface area (Å²) >= 11 is 0. The number of carbonyl (C=O) groups is 1. The molecule has 1 spiro atoms. The molecule has 1 aromatic carbocycles. The second-order valence-electron chi connectivity index (χ2n) is 10.6. The molecular formula is C25H32N2O4. The molecule has 6 nitrogen and oxygen atoms in total. The van der Waals surface area contributed by atoms with E-state index in [4.69, 9.17) is 14.2 Å². The fourth-order valence-electron chi connectivity index (χ4n) is 8.86. The Kier molecular flexibility index (Phi) is 3.73. The van der Waals surface area contributed by atoms with Crippen LogP contribution in [0.1, 0.15) is 38.2 Å². The van der Waals surface area contributed by atoms with Crippen LogP contribution in [0.2, 0.25) is 0 Å². The van der Waals surface area contributed by atoms with Gasteiger partial charge in [0.25, 0.3) is 0 Å². The number of benzene rings is 1. The molecule has 1 aromatic rings. The lowest BCUT2D eigenvalue weighted by molar-refractivity contribution is -0.134. The Morgan fingerprint density at radius 1 is 1.19 bits per heavy atom. The molecule has 7 rings (SSSR count). The maximum absolute atomic E-state index is 13.6. The van der Waals surface area contributed by atoms with Crippen molar-refractivity contribution in [3.05, 3.63) is 17.7 Å². The lowest BCUT2D eigenvalue weighted by atomic mass is 9.51. The summed E-state index contributed by atoms with van der Waals surface area (Å²) in [4.78, 5) is 18.6. The highest BCUT2D eigenvalue weighted by atomic mass is 16.5. The first kappa shape index (κ1) is 18.8. The van der Waals surface area contributed by atoms with Gasteiger partial charge in [-0.15, -0.1) is 0 Å². The predicted octanol–water partition coefficient (Wildman–Crippen LogP) is 2.83. The van der Waals surface area contributed by atoms with Crippen molar-refractivity contribution in [2.24, 2.45) is 23.7 Å². The molecule has 5 fully saturated rings. The molecule has 6 heteroatoms. The van der Waals surface area contributed by atoms with E-state index in [0.717, 1.165) is 31.0 Å². The van der Waals surface area contributed by atoms with E-state index in [1.807, 2.05) is 0 Å². The van der Waals surface area contributed by atoms with Crippen LogP contribution in [0.25, 0.3) is 0 Å². The molecule has 2 bridgehead atoms. The number of ether oxygens (including phenoxy) is 3. The van der Waals surface area contributed by atoms with Crippen LogP contribution in [0.4, 0.5) is 5.69 Å². The molecule has 31 heavy (non-hydrogen) atoms. The summed E-state index contributed by atoms with van der Waals surface area (Å²) < 4.78 is 17.9. The molecule has 0 aromatic heterocycles. The van der Waals surface area contributed by atoms with Crippen LogP contribution in [0.3, 0.4) is 0 Å². The Morgan fingerprint density at radius 3 is 2.77 bits per heavy atom. The van der Waals surface area contributed by atoms with Gasteiger partial charge in [-0.05, 0) is 48.8 Å². The monoisotopic (exact) mass is 424 g/mol. The van der Waals surface area contributed by atoms with Gasteiger partial charge < -0.3 is 19.1 Å². The van der Waals surface area contributed by atoms with Crippen LogP contribution < -0.4 is 14.4 Å². The van der Waals surface area contributed by atoms with Gasteiger partial charge in [-0.1, -0.05) is 13.3 Å². The number of rotatable bonds is 3. The fourth-order valence-corrected chi connectivity index (χ4v) is 8.86. The minimum Gasteiger partial charge on any atom is -0.493 e. The third kappa shape index (κ3) is 2.05. The largest absolute Gasteiger partial charge is 0.493 e. The Morgan fingerprint density at radius 2 is 2.00 bits per heavy atom. The standard InChI is InChI=1S/C25H32N2O4/c1-4-13-12-31-20-10-22(28)27-17-9-19(30-3)18(29-2)8-16(17)25-5-6-26-11-15(13)14(7-21(25)26)23(20)24(25)27/h8-9,13-15,20-21,23-24H,4-7,10-12H2,1-3H3/t13?,14?,15?,20?,21-,23?,24-,25+/m0/s1. The summed E-state index contributed by atoms with van der Waals surface area (Å²) in [6, 6.07) is 4.98. The highest BCUT2D eigenvalue weighted by molar-refractivity contribution is 5.99. The van der Waals surface area contributed by atoms with Crippen molar-refractivity contribution in [1.82, 2.24) is 4.90 Å². The molecular weight excluding hydrogens is 392 g/mol. The summed E-state index contributed by atoms with van der Waals surface area (Å²) in [5.74, 6) is 4.10. The Labute approximate surface area is 183 Å². The van der Waals surface area contributed by atoms with Gasteiger partial charge in [-0.25, -0.2) is 0 Å². The average molecular weight is 425 g/mol. The van der Waals surface area contributed by atoms with Crippen molar-refractivity contribution in [3.8, 4) is 11.5 Å². The maximum atomic E-state index is 13.6. The number of hydrogen-bond donors (Lipinski definition) is 0. The molecule has 5 aliphatic heterocycles. The zero-order valence-electron chi connectivity index (χ0n) is 18.7. The third-order valence-corrected chi connectivity index (χ3v) is 9.99. The van der Waals surface area contributed by atoms with Gasteiger partial charge in [0, 0.05) is 30.0 Å². The van der Waals surface area contributed by atoms with E-state index in [2.05, 4.69) is 28.9 Å². The summed E-state index contributed by atoms with van der Waals surface area (Å²) in [6.45, 7) is 5.47. The van der Waals surface area contributed by atoms with E-state index in [1.54, 1.807) is 14.2 Å². The highest BCUT2D eigenvalue weighted by Crippen LogP contribution is 2.67. The molecule has 6 aliphatic rings. The van der Waals surface area contributed by atoms with E-state index in [0.29, 0.717) is 41.9 Å². The zero-order valence-corrected chi connectivity index (χ0v) is 18.7. The average Bonchev–Trinajstić information content (AvgIpc) is 3.27. The number of anilines is 1. The Balaban J connectivity index is 1.48. The number of carbonyl (C=O) groups excluding carboxylic acids is 1. The SMILES string of the molecule is CCC1COC2CC(=O)N3c4cc(OC)c(OC)cc4[C@]45CCN6CC1C(C[C@H]64)C2[C@H]35. The smallest absolute Gasteiger partial charge is 0.229 e. The van der Waals surface area contributed by atoms with Gasteiger partial charge in [-0.3, -0.25) is 9.69 Å². The number of nitrogens with zero attached hydrogens (tertiary/aromatic N) is 2. The molecule has 5 unspecified atom stereocenters. The lowest BCUT2D eigenvalue weighted by Crippen LogP contribution is -2.70. The van der Waals surface area contributed by atoms with Gasteiger partial charge >= 0.3 is 0 Å². The van der Waals surface area contributed by atoms with Crippen molar-refractivity contribution < 1.29 is 19.0 Å². The topological polar surface area (TPSA) is 51.2 Å². The van der Waals surface area contributed by atoms with Crippen LogP contribution in [0.5, 0.6) is 11.5 Å². The van der Waals surface area contributed by atoms with E-state index in [-0.39, 0.29) is 23.5 Å².